The van der Waals surface area contributed by atoms with E-state index in [1.165, 1.54) is 16.9 Å². The van der Waals surface area contributed by atoms with E-state index in [0.717, 1.165) is 35.6 Å². The Morgan fingerprint density at radius 3 is 2.89 bits per heavy atom. The van der Waals surface area contributed by atoms with Crippen molar-refractivity contribution < 1.29 is 0 Å². The van der Waals surface area contributed by atoms with Gasteiger partial charge in [0.15, 0.2) is 4.47 Å². The minimum Gasteiger partial charge on any atom is -0.323 e. The predicted octanol–water partition coefficient (Wildman–Crippen LogP) is 4.15. The molecule has 0 aliphatic heterocycles. The van der Waals surface area contributed by atoms with E-state index in [9.17, 15) is 0 Å². The second-order valence-corrected chi connectivity index (χ2v) is 6.13. The summed E-state index contributed by atoms with van der Waals surface area (Å²) in [5.74, 6) is 1.13. The Kier molecular flexibility index (Phi) is 3.53. The van der Waals surface area contributed by atoms with Crippen LogP contribution in [0.15, 0.2) is 30.5 Å². The molecule has 5 heteroatoms. The third kappa shape index (κ3) is 2.51. The van der Waals surface area contributed by atoms with Gasteiger partial charge >= 0.3 is 0 Å². The van der Waals surface area contributed by atoms with Gasteiger partial charge in [-0.05, 0) is 18.6 Å². The van der Waals surface area contributed by atoms with Gasteiger partial charge in [-0.3, -0.25) is 0 Å². The fourth-order valence-electron chi connectivity index (χ4n) is 2.23. The number of aryl methyl sites for hydroxylation is 1. The first-order valence-corrected chi connectivity index (χ1v) is 7.51. The number of hydrogen-bond acceptors (Lipinski definition) is 3. The molecule has 2 heterocycles. The molecule has 3 nitrogen and oxygen atoms in total. The predicted molar refractivity (Wildman–Crippen MR) is 80.0 cm³/mol. The zero-order valence-electron chi connectivity index (χ0n) is 10.6. The van der Waals surface area contributed by atoms with Gasteiger partial charge in [0.05, 0.1) is 17.6 Å². The van der Waals surface area contributed by atoms with Gasteiger partial charge in [-0.15, -0.1) is 11.3 Å². The molecule has 3 aromatic rings. The van der Waals surface area contributed by atoms with Gasteiger partial charge in [-0.25, -0.2) is 9.97 Å². The summed E-state index contributed by atoms with van der Waals surface area (Å²) in [5.41, 5.74) is 2.23. The molecule has 0 amide bonds. The number of fused-ring (bicyclic) bond motifs is 1. The van der Waals surface area contributed by atoms with E-state index < -0.39 is 0 Å². The summed E-state index contributed by atoms with van der Waals surface area (Å²) < 4.78 is 2.86. The van der Waals surface area contributed by atoms with E-state index in [2.05, 4.69) is 34.7 Å². The van der Waals surface area contributed by atoms with Gasteiger partial charge in [-0.2, -0.15) is 0 Å². The molecule has 0 saturated heterocycles. The van der Waals surface area contributed by atoms with Gasteiger partial charge in [0, 0.05) is 17.5 Å². The Balaban J connectivity index is 2.06. The minimum atomic E-state index is 0.594. The zero-order chi connectivity index (χ0) is 13.2. The van der Waals surface area contributed by atoms with Crippen LogP contribution in [0.1, 0.15) is 24.0 Å². The Morgan fingerprint density at radius 2 is 2.16 bits per heavy atom. The summed E-state index contributed by atoms with van der Waals surface area (Å²) in [5, 5.41) is 0. The van der Waals surface area contributed by atoms with Crippen molar-refractivity contribution in [2.75, 3.05) is 0 Å². The lowest BCUT2D eigenvalue weighted by Gasteiger charge is -2.06. The molecule has 0 aliphatic carbocycles. The minimum absolute atomic E-state index is 0.594. The first kappa shape index (κ1) is 12.6. The monoisotopic (exact) mass is 291 g/mol. The number of benzene rings is 1. The van der Waals surface area contributed by atoms with Crippen LogP contribution in [0, 0.1) is 0 Å². The van der Waals surface area contributed by atoms with Crippen LogP contribution >= 0.6 is 22.9 Å². The maximum absolute atomic E-state index is 5.90. The quantitative estimate of drug-likeness (QED) is 0.723. The number of halogens is 1. The number of hydrogen-bond donors (Lipinski definition) is 0. The molecule has 0 radical (unpaired) electrons. The number of nitrogens with zero attached hydrogens (tertiary/aromatic N) is 3. The van der Waals surface area contributed by atoms with Crippen molar-refractivity contribution in [3.8, 4) is 0 Å². The van der Waals surface area contributed by atoms with Gasteiger partial charge in [0.1, 0.15) is 5.82 Å². The van der Waals surface area contributed by atoms with Crippen molar-refractivity contribution in [1.82, 2.24) is 14.5 Å². The third-order valence-corrected chi connectivity index (χ3v) is 4.15. The zero-order valence-corrected chi connectivity index (χ0v) is 12.2. The van der Waals surface area contributed by atoms with E-state index >= 15 is 0 Å². The fourth-order valence-corrected chi connectivity index (χ4v) is 3.20. The van der Waals surface area contributed by atoms with Crippen LogP contribution in [0.3, 0.4) is 0 Å². The molecule has 19 heavy (non-hydrogen) atoms. The Morgan fingerprint density at radius 1 is 1.32 bits per heavy atom. The first-order valence-electron chi connectivity index (χ1n) is 6.32. The molecule has 2 aromatic heterocycles. The second kappa shape index (κ2) is 5.31. The summed E-state index contributed by atoms with van der Waals surface area (Å²) in [6.45, 7) is 2.97. The maximum atomic E-state index is 5.90. The lowest BCUT2D eigenvalue weighted by molar-refractivity contribution is 0.727. The Bertz CT molecular complexity index is 702. The highest BCUT2D eigenvalue weighted by Crippen LogP contribution is 2.23. The normalized spacial score (nSPS) is 11.3. The molecule has 0 bridgehead atoms. The van der Waals surface area contributed by atoms with Crippen molar-refractivity contribution in [1.29, 1.82) is 0 Å². The maximum Gasteiger partial charge on any atom is 0.183 e. The van der Waals surface area contributed by atoms with Gasteiger partial charge < -0.3 is 4.57 Å². The molecular formula is C14H14ClN3S. The van der Waals surface area contributed by atoms with Crippen LogP contribution < -0.4 is 0 Å². The lowest BCUT2D eigenvalue weighted by Crippen LogP contribution is -2.03. The summed E-state index contributed by atoms with van der Waals surface area (Å²) in [4.78, 5) is 9.98. The highest BCUT2D eigenvalue weighted by molar-refractivity contribution is 7.15. The van der Waals surface area contributed by atoms with E-state index in [0.29, 0.717) is 4.47 Å². The van der Waals surface area contributed by atoms with Crippen molar-refractivity contribution in [2.24, 2.45) is 0 Å². The first-order chi connectivity index (χ1) is 9.28. The average Bonchev–Trinajstić information content (AvgIpc) is 2.96. The van der Waals surface area contributed by atoms with Crippen LogP contribution in [0.4, 0.5) is 0 Å². The number of para-hydroxylation sites is 2. The summed E-state index contributed by atoms with van der Waals surface area (Å²) >= 11 is 7.43. The number of aromatic nitrogens is 3. The fraction of sp³-hybridized carbons (Fsp3) is 0.286. The molecule has 0 fully saturated rings. The van der Waals surface area contributed by atoms with E-state index in [4.69, 9.17) is 16.6 Å². The standard InChI is InChI=1S/C14H14ClN3S/c1-2-5-13-17-11-6-3-4-7-12(11)18(13)9-10-8-16-14(15)19-10/h3-4,6-8H,2,5,9H2,1H3. The van der Waals surface area contributed by atoms with E-state index in [-0.39, 0.29) is 0 Å². The Hall–Kier alpha value is -1.39. The molecule has 1 aromatic carbocycles. The molecule has 0 atom stereocenters. The summed E-state index contributed by atoms with van der Waals surface area (Å²) in [6.07, 6.45) is 3.92. The molecule has 0 N–H and O–H groups in total. The number of imidazole rings is 1. The molecule has 0 unspecified atom stereocenters. The topological polar surface area (TPSA) is 30.7 Å². The number of thiazole rings is 1. The van der Waals surface area contributed by atoms with E-state index in [1.54, 1.807) is 0 Å². The third-order valence-electron chi connectivity index (χ3n) is 3.05. The average molecular weight is 292 g/mol. The highest BCUT2D eigenvalue weighted by Gasteiger charge is 2.11. The summed E-state index contributed by atoms with van der Waals surface area (Å²) in [6, 6.07) is 8.25. The van der Waals surface area contributed by atoms with Crippen LogP contribution in [-0.4, -0.2) is 14.5 Å². The molecule has 0 saturated carbocycles. The van der Waals surface area contributed by atoms with Gasteiger partial charge in [0.2, 0.25) is 0 Å². The van der Waals surface area contributed by atoms with Crippen LogP contribution in [0.5, 0.6) is 0 Å². The van der Waals surface area contributed by atoms with Gasteiger partial charge in [-0.1, -0.05) is 30.7 Å². The molecule has 3 rings (SSSR count). The van der Waals surface area contributed by atoms with Crippen LogP contribution in [0.2, 0.25) is 4.47 Å². The van der Waals surface area contributed by atoms with Crippen molar-refractivity contribution >= 4 is 34.0 Å². The van der Waals surface area contributed by atoms with Crippen LogP contribution in [-0.2, 0) is 13.0 Å². The number of rotatable bonds is 4. The largest absolute Gasteiger partial charge is 0.323 e. The molecule has 0 spiro atoms. The smallest absolute Gasteiger partial charge is 0.183 e. The Labute approximate surface area is 120 Å². The lowest BCUT2D eigenvalue weighted by atomic mass is 10.3. The highest BCUT2D eigenvalue weighted by atomic mass is 35.5. The van der Waals surface area contributed by atoms with Gasteiger partial charge in [0.25, 0.3) is 0 Å². The molecule has 98 valence electrons. The molecule has 0 aliphatic rings. The van der Waals surface area contributed by atoms with Crippen LogP contribution in [0.25, 0.3) is 11.0 Å². The van der Waals surface area contributed by atoms with Crippen molar-refractivity contribution in [2.45, 2.75) is 26.3 Å². The van der Waals surface area contributed by atoms with Crippen molar-refractivity contribution in [3.63, 3.8) is 0 Å². The molecular weight excluding hydrogens is 278 g/mol. The second-order valence-electron chi connectivity index (χ2n) is 4.43. The van der Waals surface area contributed by atoms with Crippen molar-refractivity contribution in [3.05, 3.63) is 45.6 Å². The summed E-state index contributed by atoms with van der Waals surface area (Å²) in [7, 11) is 0. The van der Waals surface area contributed by atoms with E-state index in [1.807, 2.05) is 12.3 Å². The SMILES string of the molecule is CCCc1nc2ccccc2n1Cc1cnc(Cl)s1.